The van der Waals surface area contributed by atoms with E-state index in [9.17, 15) is 9.18 Å². The van der Waals surface area contributed by atoms with E-state index >= 15 is 0 Å². The van der Waals surface area contributed by atoms with E-state index in [1.165, 1.54) is 19.1 Å². The number of ether oxygens (including phenoxy) is 1. The number of carbonyl (C=O) groups is 1. The first-order valence-corrected chi connectivity index (χ1v) is 6.18. The minimum absolute atomic E-state index is 0.0617. The molecule has 19 heavy (non-hydrogen) atoms. The molecule has 1 rings (SSSR count). The van der Waals surface area contributed by atoms with Gasteiger partial charge in [-0.2, -0.15) is 0 Å². The van der Waals surface area contributed by atoms with Gasteiger partial charge in [0.05, 0.1) is 0 Å². The Kier molecular flexibility index (Phi) is 4.89. The van der Waals surface area contributed by atoms with Crippen LogP contribution in [0.15, 0.2) is 18.2 Å². The Morgan fingerprint density at radius 1 is 1.42 bits per heavy atom. The highest BCUT2D eigenvalue weighted by Gasteiger charge is 2.13. The highest BCUT2D eigenvalue weighted by Crippen LogP contribution is 2.18. The number of rotatable bonds is 5. The van der Waals surface area contributed by atoms with Crippen molar-refractivity contribution in [2.75, 3.05) is 0 Å². The van der Waals surface area contributed by atoms with E-state index < -0.39 is 17.8 Å². The lowest BCUT2D eigenvalue weighted by molar-refractivity contribution is -0.123. The maximum Gasteiger partial charge on any atom is 0.258 e. The molecule has 1 atom stereocenters. The Balaban J connectivity index is 2.79. The molecule has 0 radical (unpaired) electrons. The van der Waals surface area contributed by atoms with Crippen LogP contribution in [0.2, 0.25) is 0 Å². The minimum atomic E-state index is -0.787. The van der Waals surface area contributed by atoms with E-state index in [1.807, 2.05) is 20.8 Å². The summed E-state index contributed by atoms with van der Waals surface area (Å²) in [7, 11) is 0. The van der Waals surface area contributed by atoms with E-state index in [1.54, 1.807) is 6.07 Å². The second-order valence-electron chi connectivity index (χ2n) is 5.56. The Bertz CT molecular complexity index is 455. The third-order valence-electron chi connectivity index (χ3n) is 2.47. The summed E-state index contributed by atoms with van der Waals surface area (Å²) in [6.07, 6.45) is -0.787. The molecule has 0 spiro atoms. The van der Waals surface area contributed by atoms with Crippen LogP contribution in [0.1, 0.15) is 33.3 Å². The van der Waals surface area contributed by atoms with Gasteiger partial charge in [0.1, 0.15) is 11.6 Å². The highest BCUT2D eigenvalue weighted by atomic mass is 19.1. The Morgan fingerprint density at radius 3 is 2.58 bits per heavy atom. The summed E-state index contributed by atoms with van der Waals surface area (Å²) in [6.45, 7) is 8.12. The van der Waals surface area contributed by atoms with Gasteiger partial charge >= 0.3 is 0 Å². The molecule has 0 aliphatic carbocycles. The first-order valence-electron chi connectivity index (χ1n) is 6.18. The van der Waals surface area contributed by atoms with Gasteiger partial charge in [-0.1, -0.05) is 0 Å². The molecule has 3 N–H and O–H groups in total. The van der Waals surface area contributed by atoms with E-state index in [4.69, 9.17) is 10.5 Å². The second kappa shape index (κ2) is 6.02. The predicted octanol–water partition coefficient (Wildman–Crippen LogP) is 1.97. The van der Waals surface area contributed by atoms with Crippen molar-refractivity contribution in [2.45, 2.75) is 45.9 Å². The van der Waals surface area contributed by atoms with E-state index in [0.717, 1.165) is 5.56 Å². The summed E-state index contributed by atoms with van der Waals surface area (Å²) in [5.41, 5.74) is 5.80. The Hall–Kier alpha value is -1.62. The Labute approximate surface area is 113 Å². The van der Waals surface area contributed by atoms with Crippen molar-refractivity contribution in [1.82, 2.24) is 5.32 Å². The quantitative estimate of drug-likeness (QED) is 0.858. The van der Waals surface area contributed by atoms with Gasteiger partial charge < -0.3 is 15.8 Å². The summed E-state index contributed by atoms with van der Waals surface area (Å²) >= 11 is 0. The fourth-order valence-corrected chi connectivity index (χ4v) is 1.42. The third-order valence-corrected chi connectivity index (χ3v) is 2.47. The molecule has 0 aromatic heterocycles. The summed E-state index contributed by atoms with van der Waals surface area (Å²) in [4.78, 5) is 10.9. The smallest absolute Gasteiger partial charge is 0.258 e. The lowest BCUT2D eigenvalue weighted by Crippen LogP contribution is -2.35. The van der Waals surface area contributed by atoms with Crippen LogP contribution in [-0.4, -0.2) is 17.6 Å². The number of carbonyl (C=O) groups excluding carboxylic acids is 1. The van der Waals surface area contributed by atoms with Crippen molar-refractivity contribution in [2.24, 2.45) is 5.73 Å². The topological polar surface area (TPSA) is 64.3 Å². The van der Waals surface area contributed by atoms with Crippen LogP contribution in [-0.2, 0) is 11.3 Å². The molecule has 106 valence electrons. The van der Waals surface area contributed by atoms with Crippen molar-refractivity contribution in [3.8, 4) is 5.75 Å². The molecule has 0 fully saturated rings. The van der Waals surface area contributed by atoms with Gasteiger partial charge in [-0.25, -0.2) is 4.39 Å². The zero-order valence-electron chi connectivity index (χ0n) is 11.8. The monoisotopic (exact) mass is 268 g/mol. The summed E-state index contributed by atoms with van der Waals surface area (Å²) in [5.74, 6) is -0.685. The van der Waals surface area contributed by atoms with Gasteiger partial charge in [0.2, 0.25) is 0 Å². The van der Waals surface area contributed by atoms with Crippen LogP contribution in [0, 0.1) is 5.82 Å². The maximum absolute atomic E-state index is 13.5. The van der Waals surface area contributed by atoms with Crippen molar-refractivity contribution >= 4 is 5.91 Å². The number of halogens is 1. The molecule has 1 aromatic rings. The van der Waals surface area contributed by atoms with Crippen LogP contribution in [0.3, 0.4) is 0 Å². The summed E-state index contributed by atoms with van der Waals surface area (Å²) < 4.78 is 18.8. The van der Waals surface area contributed by atoms with E-state index in [-0.39, 0.29) is 5.54 Å². The van der Waals surface area contributed by atoms with Crippen molar-refractivity contribution in [3.63, 3.8) is 0 Å². The first kappa shape index (κ1) is 15.4. The number of primary amides is 1. The number of amides is 1. The maximum atomic E-state index is 13.5. The molecular formula is C14H21FN2O2. The van der Waals surface area contributed by atoms with Gasteiger partial charge in [-0.05, 0) is 45.4 Å². The average molecular weight is 268 g/mol. The largest absolute Gasteiger partial charge is 0.481 e. The molecule has 0 saturated carbocycles. The van der Waals surface area contributed by atoms with E-state index in [2.05, 4.69) is 5.32 Å². The van der Waals surface area contributed by atoms with Crippen LogP contribution in [0.4, 0.5) is 4.39 Å². The highest BCUT2D eigenvalue weighted by molar-refractivity contribution is 5.78. The molecule has 5 heteroatoms. The molecule has 1 unspecified atom stereocenters. The number of nitrogens with two attached hydrogens (primary N) is 1. The van der Waals surface area contributed by atoms with Gasteiger partial charge in [-0.15, -0.1) is 0 Å². The third kappa shape index (κ3) is 5.70. The van der Waals surface area contributed by atoms with Crippen LogP contribution in [0.5, 0.6) is 5.75 Å². The lowest BCUT2D eigenvalue weighted by atomic mass is 10.1. The summed E-state index contributed by atoms with van der Waals surface area (Å²) in [6, 6.07) is 4.36. The molecule has 0 saturated heterocycles. The number of benzene rings is 1. The van der Waals surface area contributed by atoms with Crippen LogP contribution in [0.25, 0.3) is 0 Å². The predicted molar refractivity (Wildman–Crippen MR) is 72.3 cm³/mol. The zero-order valence-corrected chi connectivity index (χ0v) is 11.8. The Morgan fingerprint density at radius 2 is 2.05 bits per heavy atom. The van der Waals surface area contributed by atoms with Gasteiger partial charge in [0.15, 0.2) is 6.10 Å². The van der Waals surface area contributed by atoms with Crippen molar-refractivity contribution in [1.29, 1.82) is 0 Å². The molecule has 1 aromatic carbocycles. The normalized spacial score (nSPS) is 13.1. The van der Waals surface area contributed by atoms with Gasteiger partial charge in [-0.3, -0.25) is 4.79 Å². The fraction of sp³-hybridized carbons (Fsp3) is 0.500. The van der Waals surface area contributed by atoms with E-state index in [0.29, 0.717) is 12.3 Å². The fourth-order valence-electron chi connectivity index (χ4n) is 1.42. The molecule has 4 nitrogen and oxygen atoms in total. The zero-order chi connectivity index (χ0) is 14.6. The van der Waals surface area contributed by atoms with Gasteiger partial charge in [0, 0.05) is 18.2 Å². The number of hydrogen-bond acceptors (Lipinski definition) is 3. The van der Waals surface area contributed by atoms with Crippen LogP contribution >= 0.6 is 0 Å². The average Bonchev–Trinajstić information content (AvgIpc) is 2.24. The standard InChI is InChI=1S/C14H21FN2O2/c1-9(13(16)18)19-12-6-10(5-11(15)7-12)8-17-14(2,3)4/h5-7,9,17H,8H2,1-4H3,(H2,16,18). The molecule has 0 bridgehead atoms. The lowest BCUT2D eigenvalue weighted by Gasteiger charge is -2.21. The van der Waals surface area contributed by atoms with Crippen LogP contribution < -0.4 is 15.8 Å². The SMILES string of the molecule is CC(Oc1cc(F)cc(CNC(C)(C)C)c1)C(N)=O. The van der Waals surface area contributed by atoms with Crippen molar-refractivity contribution in [3.05, 3.63) is 29.6 Å². The molecular weight excluding hydrogens is 247 g/mol. The van der Waals surface area contributed by atoms with Gasteiger partial charge in [0.25, 0.3) is 5.91 Å². The molecule has 0 heterocycles. The van der Waals surface area contributed by atoms with Crippen molar-refractivity contribution < 1.29 is 13.9 Å². The number of nitrogens with one attached hydrogen (secondary N) is 1. The molecule has 0 aliphatic heterocycles. The minimum Gasteiger partial charge on any atom is -0.481 e. The second-order valence-corrected chi connectivity index (χ2v) is 5.56. The molecule has 0 aliphatic rings. The molecule has 1 amide bonds. The number of hydrogen-bond donors (Lipinski definition) is 2. The first-order chi connectivity index (χ1) is 8.67. The summed E-state index contributed by atoms with van der Waals surface area (Å²) in [5, 5.41) is 3.25.